The summed E-state index contributed by atoms with van der Waals surface area (Å²) in [5.41, 5.74) is -23.8. The van der Waals surface area contributed by atoms with Gasteiger partial charge in [-0.05, 0) is 77.2 Å². The van der Waals surface area contributed by atoms with E-state index in [0.717, 1.165) is 136 Å². The van der Waals surface area contributed by atoms with Crippen LogP contribution in [0.3, 0.4) is 0 Å². The molecule has 33 heteroatoms. The van der Waals surface area contributed by atoms with Gasteiger partial charge in [-0.3, -0.25) is 0 Å². The van der Waals surface area contributed by atoms with Crippen molar-refractivity contribution in [3.8, 4) is 0 Å². The van der Waals surface area contributed by atoms with E-state index in [1.54, 1.807) is 0 Å². The first-order valence-corrected chi connectivity index (χ1v) is 38.8. The van der Waals surface area contributed by atoms with Gasteiger partial charge in [-0.15, -0.1) is 0 Å². The van der Waals surface area contributed by atoms with E-state index >= 15 is 70.7 Å². The van der Waals surface area contributed by atoms with Crippen LogP contribution in [0, 0.1) is 0 Å². The quantitative estimate of drug-likeness (QED) is 0.0153. The molecule has 5 aromatic rings. The molecule has 0 aliphatic carbocycles. The molecule has 18 nitrogen and oxygen atoms in total. The molecule has 7 rings (SSSR count). The van der Waals surface area contributed by atoms with Crippen molar-refractivity contribution in [2.75, 3.05) is 35.5 Å². The summed E-state index contributed by atoms with van der Waals surface area (Å²) in [4.78, 5) is 86.4. The molecule has 5 aromatic carbocycles. The van der Waals surface area contributed by atoms with E-state index in [2.05, 4.69) is 0 Å². The normalized spacial score (nSPS) is 19.4. The van der Waals surface area contributed by atoms with Gasteiger partial charge in [-0.25, -0.2) is 28.8 Å². The Morgan fingerprint density at radius 1 is 0.373 bits per heavy atom. The number of unbranched alkanes of at least 4 members (excludes halogenated alkanes) is 11. The van der Waals surface area contributed by atoms with Gasteiger partial charge in [0.05, 0.1) is 12.2 Å². The SMILES string of the molecule is CCCCCCCCCCCCC(OC(=O)[C@](OC)(c1ccccc1)C(F)(F)F)C(CC[C@H](OC(=O)[C@](OC)(c1ccccc1)C(F)(F)F)[C@@H]1CC[C@@H](C[C@@H](CCCCC[C@H](CC2=C[C@H](C)OC2=O)OC(=O)[C@](OC)(c2ccccc2)C(F)(F)F)OC(=O)[C@](OC)(c2ccccc2)C(F)(F)F)O1)OC(=O)[C@](OC)(c1ccccc1)C(F)(F)F. The Balaban J connectivity index is 1.31. The molecule has 0 bridgehead atoms. The zero-order valence-electron chi connectivity index (χ0n) is 66.2. The highest BCUT2D eigenvalue weighted by Gasteiger charge is 2.69. The van der Waals surface area contributed by atoms with Gasteiger partial charge in [0.25, 0.3) is 28.0 Å². The van der Waals surface area contributed by atoms with Gasteiger partial charge in [0.2, 0.25) is 0 Å². The van der Waals surface area contributed by atoms with Crippen molar-refractivity contribution in [2.45, 2.75) is 263 Å². The minimum Gasteiger partial charge on any atom is -0.460 e. The highest BCUT2D eigenvalue weighted by molar-refractivity contribution is 5.91. The lowest BCUT2D eigenvalue weighted by atomic mass is 9.91. The molecule has 1 saturated heterocycles. The maximum Gasteiger partial charge on any atom is 0.432 e. The van der Waals surface area contributed by atoms with Crippen molar-refractivity contribution in [2.24, 2.45) is 0 Å². The molecule has 0 aromatic heterocycles. The number of methoxy groups -OCH3 is 5. The summed E-state index contributed by atoms with van der Waals surface area (Å²) >= 11 is 0. The highest BCUT2D eigenvalue weighted by atomic mass is 19.4. The van der Waals surface area contributed by atoms with Crippen LogP contribution in [0.25, 0.3) is 0 Å². The van der Waals surface area contributed by atoms with E-state index in [-0.39, 0.29) is 50.5 Å². The molecule has 118 heavy (non-hydrogen) atoms. The topological polar surface area (TPSA) is 213 Å². The van der Waals surface area contributed by atoms with Gasteiger partial charge in [0.15, 0.2) is 0 Å². The summed E-state index contributed by atoms with van der Waals surface area (Å²) in [5.74, 6) is -11.6. The number of hydrogen-bond donors (Lipinski definition) is 0. The van der Waals surface area contributed by atoms with Crippen LogP contribution in [0.15, 0.2) is 163 Å². The Morgan fingerprint density at radius 3 is 1.00 bits per heavy atom. The number of esters is 6. The van der Waals surface area contributed by atoms with Gasteiger partial charge < -0.3 is 56.8 Å². The van der Waals surface area contributed by atoms with Crippen LogP contribution in [0.4, 0.5) is 65.9 Å². The molecule has 2 aliphatic heterocycles. The molecule has 0 saturated carbocycles. The van der Waals surface area contributed by atoms with Crippen molar-refractivity contribution >= 4 is 35.8 Å². The molecule has 13 atom stereocenters. The van der Waals surface area contributed by atoms with Gasteiger partial charge in [-0.1, -0.05) is 223 Å². The molecule has 652 valence electrons. The van der Waals surface area contributed by atoms with Crippen molar-refractivity contribution in [1.82, 2.24) is 0 Å². The lowest BCUT2D eigenvalue weighted by molar-refractivity contribution is -0.286. The number of ether oxygens (including phenoxy) is 12. The number of carbonyl (C=O) groups excluding carboxylic acids is 6. The van der Waals surface area contributed by atoms with Gasteiger partial charge in [0, 0.05) is 81.8 Å². The monoisotopic (exact) mass is 1690 g/mol. The third-order valence-corrected chi connectivity index (χ3v) is 21.3. The van der Waals surface area contributed by atoms with Gasteiger partial charge in [-0.2, -0.15) is 65.9 Å². The second-order valence-corrected chi connectivity index (χ2v) is 28.9. The van der Waals surface area contributed by atoms with Crippen LogP contribution >= 0.6 is 0 Å². The molecule has 0 radical (unpaired) electrons. The third kappa shape index (κ3) is 22.3. The van der Waals surface area contributed by atoms with Gasteiger partial charge >= 0.3 is 66.7 Å². The Kier molecular flexibility index (Phi) is 34.8. The summed E-state index contributed by atoms with van der Waals surface area (Å²) in [7, 11) is 2.75. The number of cyclic esters (lactones) is 1. The van der Waals surface area contributed by atoms with Crippen LogP contribution in [0.5, 0.6) is 0 Å². The van der Waals surface area contributed by atoms with E-state index in [1.165, 1.54) is 67.6 Å². The summed E-state index contributed by atoms with van der Waals surface area (Å²) in [6, 6.07) is 27.0. The Labute approximate surface area is 674 Å². The van der Waals surface area contributed by atoms with Crippen molar-refractivity contribution in [3.05, 3.63) is 191 Å². The lowest BCUT2D eigenvalue weighted by Gasteiger charge is -2.38. The molecule has 0 amide bonds. The fourth-order valence-corrected chi connectivity index (χ4v) is 15.0. The number of carbonyl (C=O) groups is 6. The first-order chi connectivity index (χ1) is 55.8. The molecule has 2 heterocycles. The minimum atomic E-state index is -5.76. The first-order valence-electron chi connectivity index (χ1n) is 38.8. The van der Waals surface area contributed by atoms with Crippen LogP contribution in [-0.2, 0) is 114 Å². The lowest BCUT2D eigenvalue weighted by Crippen LogP contribution is -2.55. The molecule has 2 unspecified atom stereocenters. The van der Waals surface area contributed by atoms with E-state index in [9.17, 15) is 24.0 Å². The second kappa shape index (κ2) is 42.5. The summed E-state index contributed by atoms with van der Waals surface area (Å²) in [5, 5.41) is 0. The molecule has 0 N–H and O–H groups in total. The minimum absolute atomic E-state index is 0.0488. The number of alkyl halides is 15. The van der Waals surface area contributed by atoms with Crippen LogP contribution in [-0.4, -0.2) is 151 Å². The van der Waals surface area contributed by atoms with Crippen molar-refractivity contribution in [3.63, 3.8) is 0 Å². The smallest absolute Gasteiger partial charge is 0.432 e. The number of hydrogen-bond acceptors (Lipinski definition) is 18. The van der Waals surface area contributed by atoms with Crippen LogP contribution in [0.2, 0.25) is 0 Å². The van der Waals surface area contributed by atoms with Gasteiger partial charge in [0.1, 0.15) is 36.6 Å². The van der Waals surface area contributed by atoms with E-state index in [1.807, 2.05) is 6.92 Å². The number of halogens is 15. The molecule has 2 aliphatic rings. The van der Waals surface area contributed by atoms with E-state index < -0.39 is 216 Å². The van der Waals surface area contributed by atoms with Crippen LogP contribution in [0.1, 0.15) is 183 Å². The third-order valence-electron chi connectivity index (χ3n) is 21.3. The molecular weight excluding hydrogens is 1590 g/mol. The Morgan fingerprint density at radius 2 is 0.669 bits per heavy atom. The zero-order valence-corrected chi connectivity index (χ0v) is 66.2. The Hall–Kier alpha value is -8.63. The Bertz CT molecular complexity index is 4000. The highest BCUT2D eigenvalue weighted by Crippen LogP contribution is 2.50. The average molecular weight is 1690 g/mol. The molecule has 1 fully saturated rings. The van der Waals surface area contributed by atoms with Crippen molar-refractivity contribution < 1.29 is 151 Å². The number of rotatable bonds is 46. The maximum absolute atomic E-state index is 16.0. The molecular formula is C85H99F15O18. The predicted molar refractivity (Wildman–Crippen MR) is 395 cm³/mol. The maximum atomic E-state index is 16.0. The van der Waals surface area contributed by atoms with E-state index in [0.29, 0.717) is 48.4 Å². The van der Waals surface area contributed by atoms with Crippen LogP contribution < -0.4 is 0 Å². The summed E-state index contributed by atoms with van der Waals surface area (Å²) < 4.78 is 302. The number of benzene rings is 5. The average Bonchev–Trinajstić information content (AvgIpc) is 0.910. The van der Waals surface area contributed by atoms with Crippen molar-refractivity contribution in [1.29, 1.82) is 0 Å². The molecule has 0 spiro atoms. The first kappa shape index (κ1) is 96.5. The van der Waals surface area contributed by atoms with E-state index in [4.69, 9.17) is 56.8 Å². The fourth-order valence-electron chi connectivity index (χ4n) is 15.0. The summed E-state index contributed by atoms with van der Waals surface area (Å²) in [6.45, 7) is 3.53. The fraction of sp³-hybridized carbons (Fsp3) is 0.553. The summed E-state index contributed by atoms with van der Waals surface area (Å²) in [6.07, 6.45) is -39.7. The second-order valence-electron chi connectivity index (χ2n) is 28.9. The zero-order chi connectivity index (χ0) is 87.0. The largest absolute Gasteiger partial charge is 0.460 e. The predicted octanol–water partition coefficient (Wildman–Crippen LogP) is 19.3. The standard InChI is InChI=1S/C85H99F15O18/c1-8-9-10-11-12-13-14-15-16-35-48-66(116-73(104)78(109-5,83(92,93)94)60-40-27-19-28-41-60)68(117-74(105)79(110-6,84(95,96)97)61-42-29-20-30-43-61)51-52-69(118-75(106)80(111-7,85(98,99)100)62-44-31-21-32-45-62)67-50-49-65(113-67)55-64(115-72(103)77(108-4,82(89,90)91)59-38-25-18-26-39-59)47-34-22-33-46-63(54-57-53-56(2)112-70(57)101)114-71(102)76(107-3,81(86,87)88)58-36-23-17-24-37-58/h17-21,23-32,36-45,53,56,63-69H,8-16,22,33-35,46-52,54-55H2,1-7H3/t56-,63+,64+,65-,66?,67-,68?,69-,76+,77+,78+,79+,80+/m0/s1.